The number of carboxylic acid groups (broad SMARTS) is 1. The Hall–Kier alpha value is -1.18. The van der Waals surface area contributed by atoms with Gasteiger partial charge < -0.3 is 16.6 Å². The Bertz CT molecular complexity index is 234. The molecule has 0 saturated heterocycles. The third-order valence-corrected chi connectivity index (χ3v) is 1.92. The molecule has 0 aliphatic heterocycles. The first-order valence-electron chi connectivity index (χ1n) is 5.03. The van der Waals surface area contributed by atoms with E-state index in [4.69, 9.17) is 16.6 Å². The number of carbonyl (C=O) groups is 2. The quantitative estimate of drug-likeness (QED) is 0.378. The first-order valence-corrected chi connectivity index (χ1v) is 5.03. The lowest BCUT2D eigenvalue weighted by molar-refractivity contribution is -0.275. The van der Waals surface area contributed by atoms with Crippen molar-refractivity contribution in [2.24, 2.45) is 11.5 Å². The predicted molar refractivity (Wildman–Crippen MR) is 55.2 cm³/mol. The summed E-state index contributed by atoms with van der Waals surface area (Å²) in [6.07, 6.45) is 0.519. The maximum Gasteiger partial charge on any atom is 0.358 e. The van der Waals surface area contributed by atoms with Gasteiger partial charge in [-0.05, 0) is 12.8 Å². The van der Waals surface area contributed by atoms with E-state index in [1.807, 2.05) is 6.92 Å². The summed E-state index contributed by atoms with van der Waals surface area (Å²) in [5.41, 5.74) is 10.9. The summed E-state index contributed by atoms with van der Waals surface area (Å²) in [5, 5.41) is 8.37. The van der Waals surface area contributed by atoms with Crippen LogP contribution in [0.15, 0.2) is 0 Å². The molecule has 0 radical (unpaired) electrons. The minimum atomic E-state index is -1.02. The molecule has 16 heavy (non-hydrogen) atoms. The maximum atomic E-state index is 11.1. The van der Waals surface area contributed by atoms with Crippen molar-refractivity contribution in [1.29, 1.82) is 0 Å². The van der Waals surface area contributed by atoms with Crippen molar-refractivity contribution in [2.45, 2.75) is 38.3 Å². The lowest BCUT2D eigenvalue weighted by Crippen LogP contribution is -2.34. The first kappa shape index (κ1) is 14.8. The van der Waals surface area contributed by atoms with Gasteiger partial charge in [0.1, 0.15) is 12.6 Å². The Kier molecular flexibility index (Phi) is 7.44. The smallest absolute Gasteiger partial charge is 0.358 e. The normalized spacial score (nSPS) is 14.2. The highest BCUT2D eigenvalue weighted by atomic mass is 17.2. The van der Waals surface area contributed by atoms with Gasteiger partial charge in [0, 0.05) is 12.5 Å². The fourth-order valence-electron chi connectivity index (χ4n) is 0.756. The molecule has 0 aromatic carbocycles. The van der Waals surface area contributed by atoms with Crippen molar-refractivity contribution < 1.29 is 24.5 Å². The molecule has 0 aliphatic rings. The molecule has 0 saturated carbocycles. The molecule has 0 aromatic heterocycles. The van der Waals surface area contributed by atoms with E-state index in [0.29, 0.717) is 6.42 Å². The van der Waals surface area contributed by atoms with Crippen LogP contribution in [0.2, 0.25) is 0 Å². The fraction of sp³-hybridized carbons (Fsp3) is 0.778. The van der Waals surface area contributed by atoms with Gasteiger partial charge in [-0.3, -0.25) is 9.68 Å². The van der Waals surface area contributed by atoms with E-state index >= 15 is 0 Å². The van der Waals surface area contributed by atoms with Gasteiger partial charge in [0.25, 0.3) is 0 Å². The second kappa shape index (κ2) is 8.03. The van der Waals surface area contributed by atoms with Crippen LogP contribution < -0.4 is 11.5 Å². The molecule has 2 atom stereocenters. The van der Waals surface area contributed by atoms with Crippen LogP contribution in [-0.4, -0.2) is 35.7 Å². The molecular formula is C9H18N2O5. The van der Waals surface area contributed by atoms with Gasteiger partial charge in [-0.1, -0.05) is 6.92 Å². The SMILES string of the molecule is CCC(N)COOC(=O)C(N)CCC(=O)O. The third kappa shape index (κ3) is 7.16. The van der Waals surface area contributed by atoms with Crippen LogP contribution in [-0.2, 0) is 19.4 Å². The van der Waals surface area contributed by atoms with Crippen molar-refractivity contribution in [2.75, 3.05) is 6.61 Å². The van der Waals surface area contributed by atoms with Gasteiger partial charge in [-0.15, -0.1) is 0 Å². The Morgan fingerprint density at radius 3 is 2.50 bits per heavy atom. The monoisotopic (exact) mass is 234 g/mol. The van der Waals surface area contributed by atoms with Gasteiger partial charge >= 0.3 is 11.9 Å². The minimum absolute atomic E-state index is 0.0113. The highest BCUT2D eigenvalue weighted by Crippen LogP contribution is 1.98. The summed E-state index contributed by atoms with van der Waals surface area (Å²) in [6.45, 7) is 1.96. The molecule has 0 aliphatic carbocycles. The van der Waals surface area contributed by atoms with Crippen molar-refractivity contribution in [3.05, 3.63) is 0 Å². The van der Waals surface area contributed by atoms with Gasteiger partial charge in [0.05, 0.1) is 0 Å². The number of aliphatic carboxylic acids is 1. The fourth-order valence-corrected chi connectivity index (χ4v) is 0.756. The van der Waals surface area contributed by atoms with E-state index in [0.717, 1.165) is 0 Å². The zero-order chi connectivity index (χ0) is 12.6. The summed E-state index contributed by atoms with van der Waals surface area (Å²) in [6, 6.07) is -1.20. The van der Waals surface area contributed by atoms with E-state index in [1.165, 1.54) is 0 Å². The largest absolute Gasteiger partial charge is 0.481 e. The van der Waals surface area contributed by atoms with Crippen LogP contribution in [0.25, 0.3) is 0 Å². The van der Waals surface area contributed by atoms with Gasteiger partial charge in [-0.25, -0.2) is 4.79 Å². The van der Waals surface area contributed by atoms with Crippen molar-refractivity contribution in [3.8, 4) is 0 Å². The van der Waals surface area contributed by atoms with Crippen molar-refractivity contribution in [3.63, 3.8) is 0 Å². The lowest BCUT2D eigenvalue weighted by atomic mass is 10.2. The molecule has 5 N–H and O–H groups in total. The zero-order valence-electron chi connectivity index (χ0n) is 9.22. The highest BCUT2D eigenvalue weighted by molar-refractivity contribution is 5.76. The summed E-state index contributed by atoms with van der Waals surface area (Å²) in [4.78, 5) is 30.3. The number of rotatable bonds is 8. The highest BCUT2D eigenvalue weighted by Gasteiger charge is 2.17. The molecule has 7 nitrogen and oxygen atoms in total. The Labute approximate surface area is 93.6 Å². The minimum Gasteiger partial charge on any atom is -0.481 e. The number of hydrogen-bond donors (Lipinski definition) is 3. The van der Waals surface area contributed by atoms with Gasteiger partial charge in [0.15, 0.2) is 0 Å². The molecule has 0 bridgehead atoms. The number of carboxylic acids is 1. The van der Waals surface area contributed by atoms with Crippen LogP contribution >= 0.6 is 0 Å². The molecule has 7 heteroatoms. The van der Waals surface area contributed by atoms with Gasteiger partial charge in [-0.2, -0.15) is 4.89 Å². The van der Waals surface area contributed by atoms with Crippen molar-refractivity contribution in [1.82, 2.24) is 0 Å². The third-order valence-electron chi connectivity index (χ3n) is 1.92. The average Bonchev–Trinajstić information content (AvgIpc) is 2.25. The number of carbonyl (C=O) groups excluding carboxylic acids is 1. The van der Waals surface area contributed by atoms with E-state index in [9.17, 15) is 9.59 Å². The summed E-state index contributed by atoms with van der Waals surface area (Å²) >= 11 is 0. The average molecular weight is 234 g/mol. The molecule has 2 unspecified atom stereocenters. The van der Waals surface area contributed by atoms with Crippen LogP contribution in [0.4, 0.5) is 0 Å². The van der Waals surface area contributed by atoms with Crippen molar-refractivity contribution >= 4 is 11.9 Å². The topological polar surface area (TPSA) is 125 Å². The Morgan fingerprint density at radius 2 is 2.00 bits per heavy atom. The lowest BCUT2D eigenvalue weighted by Gasteiger charge is -2.11. The standard InChI is InChI=1S/C9H18N2O5/c1-2-6(10)5-15-16-9(14)7(11)3-4-8(12)13/h6-7H,2-5,10-11H2,1H3,(H,12,13). The second-order valence-electron chi connectivity index (χ2n) is 3.39. The summed E-state index contributed by atoms with van der Waals surface area (Å²) in [5.74, 6) is -1.80. The molecule has 0 fully saturated rings. The molecule has 0 rings (SSSR count). The predicted octanol–water partition coefficient (Wildman–Crippen LogP) is -0.609. The second-order valence-corrected chi connectivity index (χ2v) is 3.39. The molecule has 0 aromatic rings. The Morgan fingerprint density at radius 1 is 1.38 bits per heavy atom. The van der Waals surface area contributed by atoms with Crippen LogP contribution in [0.1, 0.15) is 26.2 Å². The molecule has 0 amide bonds. The van der Waals surface area contributed by atoms with E-state index in [-0.39, 0.29) is 25.5 Å². The van der Waals surface area contributed by atoms with E-state index in [2.05, 4.69) is 9.78 Å². The summed E-state index contributed by atoms with van der Waals surface area (Å²) in [7, 11) is 0. The molecule has 0 spiro atoms. The van der Waals surface area contributed by atoms with E-state index in [1.54, 1.807) is 0 Å². The maximum absolute atomic E-state index is 11.1. The molecular weight excluding hydrogens is 216 g/mol. The van der Waals surface area contributed by atoms with Crippen LogP contribution in [0, 0.1) is 0 Å². The first-order chi connectivity index (χ1) is 7.47. The Balaban J connectivity index is 3.67. The molecule has 0 heterocycles. The number of nitrogens with two attached hydrogens (primary N) is 2. The van der Waals surface area contributed by atoms with Crippen LogP contribution in [0.3, 0.4) is 0 Å². The van der Waals surface area contributed by atoms with Gasteiger partial charge in [0.2, 0.25) is 0 Å². The van der Waals surface area contributed by atoms with E-state index < -0.39 is 18.0 Å². The zero-order valence-corrected chi connectivity index (χ0v) is 9.22. The number of hydrogen-bond acceptors (Lipinski definition) is 6. The van der Waals surface area contributed by atoms with Crippen LogP contribution in [0.5, 0.6) is 0 Å². The molecule has 94 valence electrons. The summed E-state index contributed by atoms with van der Waals surface area (Å²) < 4.78 is 0.